The first kappa shape index (κ1) is 13.6. The van der Waals surface area contributed by atoms with Gasteiger partial charge in [0.25, 0.3) is 5.91 Å². The zero-order chi connectivity index (χ0) is 14.7. The zero-order valence-electron chi connectivity index (χ0n) is 11.3. The maximum Gasteiger partial charge on any atom is 0.257 e. The minimum atomic E-state index is -0.291. The fraction of sp³-hybridized carbons (Fsp3) is 0.133. The van der Waals surface area contributed by atoms with E-state index in [1.165, 1.54) is 6.20 Å². The second-order valence-electron chi connectivity index (χ2n) is 4.50. The van der Waals surface area contributed by atoms with E-state index in [0.717, 1.165) is 5.56 Å². The molecule has 0 unspecified atom stereocenters. The van der Waals surface area contributed by atoms with Crippen LogP contribution in [0, 0.1) is 25.2 Å². The summed E-state index contributed by atoms with van der Waals surface area (Å²) in [6.45, 7) is 3.61. The second kappa shape index (κ2) is 5.41. The molecule has 20 heavy (non-hydrogen) atoms. The van der Waals surface area contributed by atoms with Gasteiger partial charge >= 0.3 is 0 Å². The molecule has 0 bridgehead atoms. The summed E-state index contributed by atoms with van der Waals surface area (Å²) in [4.78, 5) is 16.3. The highest BCUT2D eigenvalue weighted by molar-refractivity contribution is 6.05. The molecule has 100 valence electrons. The number of rotatable bonds is 2. The Balaban J connectivity index is 2.33. The lowest BCUT2D eigenvalue weighted by atomic mass is 10.1. The Hall–Kier alpha value is -2.87. The lowest BCUT2D eigenvalue weighted by molar-refractivity contribution is 0.102. The minimum absolute atomic E-state index is 0.291. The summed E-state index contributed by atoms with van der Waals surface area (Å²) in [6.07, 6.45) is 1.51. The third-order valence-electron chi connectivity index (χ3n) is 2.97. The molecule has 5 nitrogen and oxygen atoms in total. The maximum absolute atomic E-state index is 12.2. The standard InChI is InChI=1S/C15H14N4O/c1-9-3-4-11(7-16)5-14(9)19-15(20)13-6-12(17)8-18-10(13)2/h3-6,8H,17H2,1-2H3,(H,19,20). The Morgan fingerprint density at radius 1 is 1.35 bits per heavy atom. The number of nitrogen functional groups attached to an aromatic ring is 1. The van der Waals surface area contributed by atoms with E-state index in [-0.39, 0.29) is 5.91 Å². The van der Waals surface area contributed by atoms with E-state index in [4.69, 9.17) is 11.0 Å². The summed E-state index contributed by atoms with van der Waals surface area (Å²) in [6, 6.07) is 8.77. The molecule has 2 rings (SSSR count). The number of amides is 1. The van der Waals surface area contributed by atoms with Crippen LogP contribution in [-0.4, -0.2) is 10.9 Å². The molecule has 0 radical (unpaired) electrons. The molecule has 0 aliphatic heterocycles. The van der Waals surface area contributed by atoms with Gasteiger partial charge in [-0.2, -0.15) is 5.26 Å². The minimum Gasteiger partial charge on any atom is -0.397 e. The van der Waals surface area contributed by atoms with E-state index >= 15 is 0 Å². The SMILES string of the molecule is Cc1ccc(C#N)cc1NC(=O)c1cc(N)cnc1C. The van der Waals surface area contributed by atoms with Gasteiger partial charge in [-0.3, -0.25) is 9.78 Å². The molecule has 1 amide bonds. The van der Waals surface area contributed by atoms with E-state index in [2.05, 4.69) is 10.3 Å². The summed E-state index contributed by atoms with van der Waals surface area (Å²) in [7, 11) is 0. The molecule has 0 aliphatic carbocycles. The van der Waals surface area contributed by atoms with Crippen LogP contribution < -0.4 is 11.1 Å². The van der Waals surface area contributed by atoms with Crippen molar-refractivity contribution in [3.8, 4) is 6.07 Å². The van der Waals surface area contributed by atoms with E-state index in [1.54, 1.807) is 31.2 Å². The number of pyridine rings is 1. The van der Waals surface area contributed by atoms with Crippen LogP contribution in [0.2, 0.25) is 0 Å². The van der Waals surface area contributed by atoms with Crippen LogP contribution in [0.3, 0.4) is 0 Å². The van der Waals surface area contributed by atoms with Crippen molar-refractivity contribution < 1.29 is 4.79 Å². The molecule has 0 atom stereocenters. The molecule has 1 heterocycles. The Kier molecular flexibility index (Phi) is 3.67. The van der Waals surface area contributed by atoms with Gasteiger partial charge in [-0.15, -0.1) is 0 Å². The predicted molar refractivity (Wildman–Crippen MR) is 77.2 cm³/mol. The van der Waals surface area contributed by atoms with Gasteiger partial charge in [-0.1, -0.05) is 6.07 Å². The Morgan fingerprint density at radius 2 is 2.10 bits per heavy atom. The van der Waals surface area contributed by atoms with Gasteiger partial charge in [0.1, 0.15) is 0 Å². The number of carbonyl (C=O) groups is 1. The van der Waals surface area contributed by atoms with E-state index in [0.29, 0.717) is 28.2 Å². The van der Waals surface area contributed by atoms with Crippen molar-refractivity contribution in [2.24, 2.45) is 0 Å². The largest absolute Gasteiger partial charge is 0.397 e. The van der Waals surface area contributed by atoms with Crippen molar-refractivity contribution in [1.82, 2.24) is 4.98 Å². The normalized spacial score (nSPS) is 9.85. The van der Waals surface area contributed by atoms with Gasteiger partial charge in [0.2, 0.25) is 0 Å². The number of nitrogens with zero attached hydrogens (tertiary/aromatic N) is 2. The topological polar surface area (TPSA) is 91.8 Å². The number of nitrogens with one attached hydrogen (secondary N) is 1. The van der Waals surface area contributed by atoms with Gasteiger partial charge < -0.3 is 11.1 Å². The highest BCUT2D eigenvalue weighted by Crippen LogP contribution is 2.18. The molecular formula is C15H14N4O. The molecule has 1 aromatic heterocycles. The highest BCUT2D eigenvalue weighted by atomic mass is 16.1. The Labute approximate surface area is 117 Å². The number of carbonyl (C=O) groups excluding carboxylic acids is 1. The summed E-state index contributed by atoms with van der Waals surface area (Å²) >= 11 is 0. The zero-order valence-corrected chi connectivity index (χ0v) is 11.3. The van der Waals surface area contributed by atoms with Crippen molar-refractivity contribution >= 4 is 17.3 Å². The third-order valence-corrected chi connectivity index (χ3v) is 2.97. The van der Waals surface area contributed by atoms with E-state index < -0.39 is 0 Å². The van der Waals surface area contributed by atoms with Crippen LogP contribution in [0.1, 0.15) is 27.2 Å². The van der Waals surface area contributed by atoms with Crippen LogP contribution in [0.15, 0.2) is 30.5 Å². The Bertz CT molecular complexity index is 716. The lowest BCUT2D eigenvalue weighted by Crippen LogP contribution is -2.15. The molecule has 5 heteroatoms. The molecule has 0 fully saturated rings. The molecule has 0 saturated carbocycles. The van der Waals surface area contributed by atoms with E-state index in [1.807, 2.05) is 13.0 Å². The van der Waals surface area contributed by atoms with Crippen LogP contribution in [-0.2, 0) is 0 Å². The second-order valence-corrected chi connectivity index (χ2v) is 4.50. The van der Waals surface area contributed by atoms with Gasteiger partial charge in [0.15, 0.2) is 0 Å². The molecule has 1 aromatic carbocycles. The van der Waals surface area contributed by atoms with Crippen LogP contribution >= 0.6 is 0 Å². The smallest absolute Gasteiger partial charge is 0.257 e. The van der Waals surface area contributed by atoms with Crippen LogP contribution in [0.5, 0.6) is 0 Å². The number of benzene rings is 1. The first-order valence-electron chi connectivity index (χ1n) is 6.05. The Morgan fingerprint density at radius 3 is 2.80 bits per heavy atom. The van der Waals surface area contributed by atoms with Crippen molar-refractivity contribution in [1.29, 1.82) is 5.26 Å². The van der Waals surface area contributed by atoms with Crippen LogP contribution in [0.4, 0.5) is 11.4 Å². The summed E-state index contributed by atoms with van der Waals surface area (Å²) in [5.74, 6) is -0.291. The van der Waals surface area contributed by atoms with Gasteiger partial charge in [0.05, 0.1) is 34.8 Å². The molecule has 2 aromatic rings. The number of nitriles is 1. The summed E-state index contributed by atoms with van der Waals surface area (Å²) in [5, 5.41) is 11.7. The van der Waals surface area contributed by atoms with Crippen molar-refractivity contribution in [3.63, 3.8) is 0 Å². The fourth-order valence-corrected chi connectivity index (χ4v) is 1.79. The van der Waals surface area contributed by atoms with Gasteiger partial charge in [0, 0.05) is 5.69 Å². The van der Waals surface area contributed by atoms with Crippen LogP contribution in [0.25, 0.3) is 0 Å². The fourth-order valence-electron chi connectivity index (χ4n) is 1.79. The number of hydrogen-bond donors (Lipinski definition) is 2. The number of aryl methyl sites for hydroxylation is 2. The van der Waals surface area contributed by atoms with Crippen molar-refractivity contribution in [3.05, 3.63) is 52.8 Å². The lowest BCUT2D eigenvalue weighted by Gasteiger charge is -2.10. The molecule has 3 N–H and O–H groups in total. The monoisotopic (exact) mass is 266 g/mol. The van der Waals surface area contributed by atoms with Crippen molar-refractivity contribution in [2.45, 2.75) is 13.8 Å². The van der Waals surface area contributed by atoms with E-state index in [9.17, 15) is 4.79 Å². The quantitative estimate of drug-likeness (QED) is 0.873. The number of aromatic nitrogens is 1. The first-order valence-corrected chi connectivity index (χ1v) is 6.05. The third kappa shape index (κ3) is 2.75. The number of anilines is 2. The average Bonchev–Trinajstić information content (AvgIpc) is 2.43. The molecule has 0 spiro atoms. The first-order chi connectivity index (χ1) is 9.51. The van der Waals surface area contributed by atoms with Gasteiger partial charge in [-0.05, 0) is 37.6 Å². The molecule has 0 saturated heterocycles. The highest BCUT2D eigenvalue weighted by Gasteiger charge is 2.12. The predicted octanol–water partition coefficient (Wildman–Crippen LogP) is 2.40. The summed E-state index contributed by atoms with van der Waals surface area (Å²) < 4.78 is 0. The molecule has 0 aliphatic rings. The average molecular weight is 266 g/mol. The number of hydrogen-bond acceptors (Lipinski definition) is 4. The molecular weight excluding hydrogens is 252 g/mol. The van der Waals surface area contributed by atoms with Gasteiger partial charge in [-0.25, -0.2) is 0 Å². The maximum atomic E-state index is 12.2. The van der Waals surface area contributed by atoms with Crippen molar-refractivity contribution in [2.75, 3.05) is 11.1 Å². The summed E-state index contributed by atoms with van der Waals surface area (Å²) in [5.41, 5.74) is 9.09. The number of nitrogens with two attached hydrogens (primary N) is 1.